The average molecular weight is 682 g/mol. The zero-order valence-corrected chi connectivity index (χ0v) is 29.8. The Labute approximate surface area is 294 Å². The number of ether oxygens (including phenoxy) is 4. The van der Waals surface area contributed by atoms with Crippen molar-refractivity contribution in [2.75, 3.05) is 32.5 Å². The Morgan fingerprint density at radius 3 is 2.39 bits per heavy atom. The number of hydrogen-bond acceptors (Lipinski definition) is 8. The van der Waals surface area contributed by atoms with Crippen LogP contribution in [0.15, 0.2) is 83.8 Å². The molecule has 258 valence electrons. The second-order valence-corrected chi connectivity index (χ2v) is 14.9. The van der Waals surface area contributed by atoms with Gasteiger partial charge in [-0.1, -0.05) is 36.4 Å². The monoisotopic (exact) mass is 681 g/mol. The minimum atomic E-state index is -0.567. The Balaban J connectivity index is 1.38. The van der Waals surface area contributed by atoms with E-state index in [4.69, 9.17) is 29.7 Å². The highest BCUT2D eigenvalue weighted by Crippen LogP contribution is 2.43. The van der Waals surface area contributed by atoms with E-state index in [0.717, 1.165) is 51.5 Å². The van der Waals surface area contributed by atoms with Gasteiger partial charge in [0.15, 0.2) is 0 Å². The fourth-order valence-electron chi connectivity index (χ4n) is 6.04. The number of piperidine rings is 1. The van der Waals surface area contributed by atoms with Gasteiger partial charge in [-0.25, -0.2) is 9.78 Å². The smallest absolute Gasteiger partial charge is 0.410 e. The van der Waals surface area contributed by atoms with Gasteiger partial charge in [0.1, 0.15) is 35.3 Å². The van der Waals surface area contributed by atoms with Gasteiger partial charge in [0.05, 0.1) is 25.0 Å². The van der Waals surface area contributed by atoms with E-state index in [1.165, 1.54) is 12.8 Å². The molecule has 8 nitrogen and oxygen atoms in total. The van der Waals surface area contributed by atoms with Crippen molar-refractivity contribution in [3.63, 3.8) is 0 Å². The topological polar surface area (TPSA) is 96.1 Å². The summed E-state index contributed by atoms with van der Waals surface area (Å²) in [5.74, 6) is 3.95. The summed E-state index contributed by atoms with van der Waals surface area (Å²) in [5.41, 5.74) is 10.9. The van der Waals surface area contributed by atoms with E-state index in [-0.39, 0.29) is 12.0 Å². The van der Waals surface area contributed by atoms with Crippen molar-refractivity contribution in [1.29, 1.82) is 0 Å². The molecule has 0 radical (unpaired) electrons. The van der Waals surface area contributed by atoms with Crippen LogP contribution < -0.4 is 19.9 Å². The lowest BCUT2D eigenvalue weighted by molar-refractivity contribution is 0.0198. The standard InChI is InChI=1S/C40H47N3O5S/c1-40(2,3)48-39(44)43-21-9-10-29(23-43)32-22-34(42-38(41)33(32)26-49-31-11-6-5-7-12-31)37-35(46-24-27-15-16-27)13-8-14-36(37)47-25-28-17-19-30(45-4)20-18-28/h5-8,11-14,17-20,22,27,29H,9-10,15-16,21,23-26H2,1-4H3,(H2,41,42). The zero-order valence-electron chi connectivity index (χ0n) is 28.9. The van der Waals surface area contributed by atoms with Crippen LogP contribution in [-0.2, 0) is 17.1 Å². The maximum Gasteiger partial charge on any atom is 0.410 e. The van der Waals surface area contributed by atoms with Crippen molar-refractivity contribution in [1.82, 2.24) is 9.88 Å². The summed E-state index contributed by atoms with van der Waals surface area (Å²) in [5, 5.41) is 0. The highest BCUT2D eigenvalue weighted by Gasteiger charge is 2.31. The second kappa shape index (κ2) is 15.5. The van der Waals surface area contributed by atoms with Gasteiger partial charge in [0.25, 0.3) is 0 Å². The predicted octanol–water partition coefficient (Wildman–Crippen LogP) is 9.11. The SMILES string of the molecule is COc1ccc(COc2cccc(OCC3CC3)c2-c2cc(C3CCCN(C(=O)OC(C)(C)C)C3)c(CSc3ccccc3)c(N)n2)cc1. The summed E-state index contributed by atoms with van der Waals surface area (Å²) in [6.45, 7) is 7.92. The van der Waals surface area contributed by atoms with Crippen LogP contribution in [0.3, 0.4) is 0 Å². The molecule has 3 aromatic carbocycles. The molecule has 1 atom stereocenters. The lowest BCUT2D eigenvalue weighted by Gasteiger charge is -2.35. The maximum absolute atomic E-state index is 13.2. The van der Waals surface area contributed by atoms with Gasteiger partial charge in [-0.2, -0.15) is 0 Å². The first-order valence-electron chi connectivity index (χ1n) is 17.1. The number of aromatic nitrogens is 1. The Hall–Kier alpha value is -4.37. The Kier molecular flexibility index (Phi) is 10.9. The van der Waals surface area contributed by atoms with Crippen LogP contribution in [0.1, 0.15) is 69.1 Å². The van der Waals surface area contributed by atoms with E-state index in [9.17, 15) is 4.79 Å². The summed E-state index contributed by atoms with van der Waals surface area (Å²) in [6.07, 6.45) is 3.87. The molecule has 2 heterocycles. The van der Waals surface area contributed by atoms with E-state index in [0.29, 0.717) is 55.2 Å². The number of rotatable bonds is 12. The maximum atomic E-state index is 13.2. The number of carbonyl (C=O) groups is 1. The molecule has 0 bridgehead atoms. The molecular weight excluding hydrogens is 635 g/mol. The second-order valence-electron chi connectivity index (χ2n) is 13.8. The summed E-state index contributed by atoms with van der Waals surface area (Å²) >= 11 is 1.73. The minimum absolute atomic E-state index is 0.0555. The number of nitrogens with zero attached hydrogens (tertiary/aromatic N) is 2. The molecule has 1 aliphatic carbocycles. The summed E-state index contributed by atoms with van der Waals surface area (Å²) in [7, 11) is 1.66. The largest absolute Gasteiger partial charge is 0.497 e. The highest BCUT2D eigenvalue weighted by molar-refractivity contribution is 7.98. The van der Waals surface area contributed by atoms with Crippen LogP contribution in [0.4, 0.5) is 10.6 Å². The number of amides is 1. The van der Waals surface area contributed by atoms with Crippen molar-refractivity contribution < 1.29 is 23.7 Å². The van der Waals surface area contributed by atoms with Gasteiger partial charge in [-0.05, 0) is 106 Å². The first kappa shape index (κ1) is 34.5. The zero-order chi connectivity index (χ0) is 34.4. The lowest BCUT2D eigenvalue weighted by Crippen LogP contribution is -2.42. The van der Waals surface area contributed by atoms with Gasteiger partial charge in [-0.3, -0.25) is 0 Å². The summed E-state index contributed by atoms with van der Waals surface area (Å²) < 4.78 is 24.1. The summed E-state index contributed by atoms with van der Waals surface area (Å²) in [6, 6.07) is 26.2. The molecular formula is C40H47N3O5S. The van der Waals surface area contributed by atoms with Gasteiger partial charge < -0.3 is 29.6 Å². The first-order valence-corrected chi connectivity index (χ1v) is 18.1. The number of carbonyl (C=O) groups excluding carboxylic acids is 1. The molecule has 0 spiro atoms. The molecule has 1 aromatic heterocycles. The molecule has 6 rings (SSSR count). The molecule has 2 fully saturated rings. The normalized spacial score (nSPS) is 16.2. The number of methoxy groups -OCH3 is 1. The van der Waals surface area contributed by atoms with Crippen LogP contribution in [0.2, 0.25) is 0 Å². The molecule has 1 saturated carbocycles. The Morgan fingerprint density at radius 2 is 1.69 bits per heavy atom. The number of nitrogens with two attached hydrogens (primary N) is 1. The third kappa shape index (κ3) is 9.21. The van der Waals surface area contributed by atoms with Crippen LogP contribution in [-0.4, -0.2) is 48.4 Å². The lowest BCUT2D eigenvalue weighted by atomic mass is 9.87. The molecule has 1 aliphatic heterocycles. The van der Waals surface area contributed by atoms with Gasteiger partial charge in [0, 0.05) is 35.2 Å². The number of pyridine rings is 1. The number of benzene rings is 3. The van der Waals surface area contributed by atoms with Crippen molar-refractivity contribution in [2.24, 2.45) is 5.92 Å². The van der Waals surface area contributed by atoms with Gasteiger partial charge in [-0.15, -0.1) is 11.8 Å². The molecule has 4 aromatic rings. The van der Waals surface area contributed by atoms with E-state index >= 15 is 0 Å². The molecule has 1 saturated heterocycles. The molecule has 1 unspecified atom stereocenters. The summed E-state index contributed by atoms with van der Waals surface area (Å²) in [4.78, 5) is 21.2. The van der Waals surface area contributed by atoms with Gasteiger partial charge >= 0.3 is 6.09 Å². The predicted molar refractivity (Wildman–Crippen MR) is 195 cm³/mol. The molecule has 9 heteroatoms. The third-order valence-electron chi connectivity index (χ3n) is 8.80. The number of thioether (sulfide) groups is 1. The molecule has 49 heavy (non-hydrogen) atoms. The number of likely N-dealkylation sites (tertiary alicyclic amines) is 1. The van der Waals surface area contributed by atoms with Crippen molar-refractivity contribution >= 4 is 23.7 Å². The Bertz CT molecular complexity index is 1720. The number of hydrogen-bond donors (Lipinski definition) is 1. The van der Waals surface area contributed by atoms with Crippen molar-refractivity contribution in [3.8, 4) is 28.5 Å². The van der Waals surface area contributed by atoms with Gasteiger partial charge in [0.2, 0.25) is 0 Å². The number of anilines is 1. The van der Waals surface area contributed by atoms with Crippen LogP contribution >= 0.6 is 11.8 Å². The minimum Gasteiger partial charge on any atom is -0.497 e. The quantitative estimate of drug-likeness (QED) is 0.148. The van der Waals surface area contributed by atoms with Crippen LogP contribution in [0, 0.1) is 5.92 Å². The van der Waals surface area contributed by atoms with E-state index in [1.807, 2.05) is 86.3 Å². The third-order valence-corrected chi connectivity index (χ3v) is 9.84. The fourth-order valence-corrected chi connectivity index (χ4v) is 7.01. The van der Waals surface area contributed by atoms with Crippen LogP contribution in [0.25, 0.3) is 11.3 Å². The average Bonchev–Trinajstić information content (AvgIpc) is 3.94. The molecule has 2 aliphatic rings. The Morgan fingerprint density at radius 1 is 0.959 bits per heavy atom. The highest BCUT2D eigenvalue weighted by atomic mass is 32.2. The first-order chi connectivity index (χ1) is 23.7. The number of nitrogen functional groups attached to an aromatic ring is 1. The molecule has 1 amide bonds. The van der Waals surface area contributed by atoms with E-state index < -0.39 is 5.60 Å². The fraction of sp³-hybridized carbons (Fsp3) is 0.400. The van der Waals surface area contributed by atoms with Crippen LogP contribution in [0.5, 0.6) is 17.2 Å². The van der Waals surface area contributed by atoms with Crippen molar-refractivity contribution in [2.45, 2.75) is 75.2 Å². The van der Waals surface area contributed by atoms with Crippen molar-refractivity contribution in [3.05, 3.63) is 95.6 Å². The van der Waals surface area contributed by atoms with E-state index in [2.05, 4.69) is 18.2 Å². The van der Waals surface area contributed by atoms with E-state index in [1.54, 1.807) is 18.9 Å². The molecule has 2 N–H and O–H groups in total.